The van der Waals surface area contributed by atoms with E-state index in [2.05, 4.69) is 10.2 Å². The van der Waals surface area contributed by atoms with Gasteiger partial charge in [0.2, 0.25) is 5.91 Å². The van der Waals surface area contributed by atoms with Crippen LogP contribution in [0.25, 0.3) is 0 Å². The van der Waals surface area contributed by atoms with Crippen molar-refractivity contribution in [2.45, 2.75) is 44.4 Å². The van der Waals surface area contributed by atoms with Crippen molar-refractivity contribution in [2.75, 3.05) is 37.0 Å². The van der Waals surface area contributed by atoms with Gasteiger partial charge in [-0.25, -0.2) is 8.42 Å². The molecule has 0 unspecified atom stereocenters. The molecule has 0 radical (unpaired) electrons. The van der Waals surface area contributed by atoms with Gasteiger partial charge in [0.15, 0.2) is 0 Å². The van der Waals surface area contributed by atoms with E-state index in [-0.39, 0.29) is 17.3 Å². The zero-order valence-corrected chi connectivity index (χ0v) is 20.4. The molecule has 1 aliphatic heterocycles. The van der Waals surface area contributed by atoms with Crippen LogP contribution in [0.5, 0.6) is 0 Å². The number of aryl methyl sites for hydroxylation is 1. The molecule has 1 amide bonds. The Morgan fingerprint density at radius 3 is 2.44 bits per heavy atom. The average molecular weight is 478 g/mol. The van der Waals surface area contributed by atoms with Gasteiger partial charge in [0, 0.05) is 11.6 Å². The van der Waals surface area contributed by atoms with Crippen LogP contribution in [0.3, 0.4) is 0 Å². The number of halogens is 1. The molecule has 1 N–H and O–H groups in total. The molecule has 0 aromatic heterocycles. The van der Waals surface area contributed by atoms with Gasteiger partial charge in [-0.1, -0.05) is 41.8 Å². The number of carbonyl (C=O) groups excluding carboxylic acids is 1. The van der Waals surface area contributed by atoms with Crippen molar-refractivity contribution < 1.29 is 13.2 Å². The van der Waals surface area contributed by atoms with Gasteiger partial charge in [0.05, 0.1) is 10.6 Å². The van der Waals surface area contributed by atoms with Crippen LogP contribution in [-0.4, -0.2) is 51.9 Å². The summed E-state index contributed by atoms with van der Waals surface area (Å²) in [5.41, 5.74) is 1.98. The first-order valence-corrected chi connectivity index (χ1v) is 12.9. The number of anilines is 1. The minimum Gasteiger partial charge on any atom is -0.354 e. The molecule has 174 valence electrons. The van der Waals surface area contributed by atoms with Crippen LogP contribution in [0.1, 0.15) is 36.8 Å². The summed E-state index contributed by atoms with van der Waals surface area (Å²) in [6.45, 7) is 7.04. The molecule has 32 heavy (non-hydrogen) atoms. The number of rotatable bonds is 9. The van der Waals surface area contributed by atoms with Crippen LogP contribution in [0.15, 0.2) is 47.4 Å². The number of hydrogen-bond acceptors (Lipinski definition) is 4. The number of nitrogens with one attached hydrogen (secondary N) is 1. The molecule has 2 aromatic rings. The van der Waals surface area contributed by atoms with Crippen LogP contribution in [-0.2, 0) is 14.8 Å². The van der Waals surface area contributed by atoms with Crippen molar-refractivity contribution >= 4 is 33.2 Å². The van der Waals surface area contributed by atoms with Gasteiger partial charge in [0.1, 0.15) is 6.54 Å². The summed E-state index contributed by atoms with van der Waals surface area (Å²) in [5.74, 6) is -0.335. The Hall–Kier alpha value is -2.09. The number of benzene rings is 2. The summed E-state index contributed by atoms with van der Waals surface area (Å²) in [7, 11) is -3.95. The van der Waals surface area contributed by atoms with E-state index in [0.717, 1.165) is 35.9 Å². The molecule has 2 aromatic carbocycles. The highest BCUT2D eigenvalue weighted by Gasteiger charge is 2.28. The van der Waals surface area contributed by atoms with E-state index in [4.69, 9.17) is 11.6 Å². The van der Waals surface area contributed by atoms with Gasteiger partial charge < -0.3 is 10.2 Å². The smallest absolute Gasteiger partial charge is 0.264 e. The quantitative estimate of drug-likeness (QED) is 0.551. The maximum atomic E-state index is 13.5. The fraction of sp³-hybridized carbons (Fsp3) is 0.458. The molecule has 1 heterocycles. The number of likely N-dealkylation sites (tertiary alicyclic amines) is 1. The minimum atomic E-state index is -3.95. The van der Waals surface area contributed by atoms with Crippen LogP contribution in [0.2, 0.25) is 5.02 Å². The molecule has 0 saturated carbocycles. The predicted molar refractivity (Wildman–Crippen MR) is 130 cm³/mol. The van der Waals surface area contributed by atoms with Crippen molar-refractivity contribution in [3.63, 3.8) is 0 Å². The molecule has 1 fully saturated rings. The third-order valence-corrected chi connectivity index (χ3v) is 8.01. The van der Waals surface area contributed by atoms with Gasteiger partial charge in [0.25, 0.3) is 10.0 Å². The van der Waals surface area contributed by atoms with Gasteiger partial charge >= 0.3 is 0 Å². The summed E-state index contributed by atoms with van der Waals surface area (Å²) in [5, 5.41) is 3.34. The number of amides is 1. The maximum absolute atomic E-state index is 13.5. The SMILES string of the molecule is Cc1ccc(S(=O)(=O)N(CC(=O)NCCCN2CCCCC2)c2cccc(Cl)c2C)cc1. The summed E-state index contributed by atoms with van der Waals surface area (Å²) in [4.78, 5) is 15.3. The molecular formula is C24H32ClN3O3S. The average Bonchev–Trinajstić information content (AvgIpc) is 2.78. The maximum Gasteiger partial charge on any atom is 0.264 e. The van der Waals surface area contributed by atoms with E-state index in [1.807, 2.05) is 6.92 Å². The molecule has 0 bridgehead atoms. The number of sulfonamides is 1. The fourth-order valence-corrected chi connectivity index (χ4v) is 5.55. The first-order valence-electron chi connectivity index (χ1n) is 11.1. The lowest BCUT2D eigenvalue weighted by Crippen LogP contribution is -2.42. The topological polar surface area (TPSA) is 69.7 Å². The zero-order chi connectivity index (χ0) is 23.1. The highest BCUT2D eigenvalue weighted by molar-refractivity contribution is 7.92. The predicted octanol–water partition coefficient (Wildman–Crippen LogP) is 4.14. The summed E-state index contributed by atoms with van der Waals surface area (Å²) in [6, 6.07) is 11.7. The summed E-state index contributed by atoms with van der Waals surface area (Å²) >= 11 is 6.26. The lowest BCUT2D eigenvalue weighted by atomic mass is 10.1. The standard InChI is InChI=1S/C24H32ClN3O3S/c1-19-10-12-21(13-11-19)32(30,31)28(23-9-6-8-22(25)20(23)2)18-24(29)26-14-7-17-27-15-4-3-5-16-27/h6,8-13H,3-5,7,14-18H2,1-2H3,(H,26,29). The van der Waals surface area contributed by atoms with Gasteiger partial charge in [-0.3, -0.25) is 9.10 Å². The largest absolute Gasteiger partial charge is 0.354 e. The number of nitrogens with zero attached hydrogens (tertiary/aromatic N) is 2. The minimum absolute atomic E-state index is 0.139. The van der Waals surface area contributed by atoms with Gasteiger partial charge in [-0.05, 0) is 82.6 Å². The summed E-state index contributed by atoms with van der Waals surface area (Å²) < 4.78 is 28.1. The second-order valence-corrected chi connectivity index (χ2v) is 10.6. The number of piperidine rings is 1. The number of carbonyl (C=O) groups is 1. The van der Waals surface area contributed by atoms with E-state index in [1.54, 1.807) is 49.4 Å². The molecule has 3 rings (SSSR count). The van der Waals surface area contributed by atoms with E-state index < -0.39 is 10.0 Å². The van der Waals surface area contributed by atoms with Crippen molar-refractivity contribution in [3.8, 4) is 0 Å². The van der Waals surface area contributed by atoms with E-state index in [1.165, 1.54) is 19.3 Å². The molecule has 1 aliphatic rings. The normalized spacial score (nSPS) is 14.8. The zero-order valence-electron chi connectivity index (χ0n) is 18.8. The van der Waals surface area contributed by atoms with E-state index >= 15 is 0 Å². The van der Waals surface area contributed by atoms with Crippen molar-refractivity contribution in [1.82, 2.24) is 10.2 Å². The third kappa shape index (κ3) is 6.24. The van der Waals surface area contributed by atoms with Crippen LogP contribution in [0, 0.1) is 13.8 Å². The highest BCUT2D eigenvalue weighted by Crippen LogP contribution is 2.30. The second kappa shape index (κ2) is 11.2. The Morgan fingerprint density at radius 2 is 1.75 bits per heavy atom. The van der Waals surface area contributed by atoms with Crippen LogP contribution in [0.4, 0.5) is 5.69 Å². The Bertz CT molecular complexity index is 1020. The first kappa shape index (κ1) is 24.6. The molecule has 1 saturated heterocycles. The molecular weight excluding hydrogens is 446 g/mol. The molecule has 0 atom stereocenters. The van der Waals surface area contributed by atoms with E-state index in [0.29, 0.717) is 22.8 Å². The van der Waals surface area contributed by atoms with E-state index in [9.17, 15) is 13.2 Å². The van der Waals surface area contributed by atoms with Gasteiger partial charge in [-0.2, -0.15) is 0 Å². The van der Waals surface area contributed by atoms with Crippen molar-refractivity contribution in [3.05, 3.63) is 58.6 Å². The Balaban J connectivity index is 1.73. The van der Waals surface area contributed by atoms with Crippen LogP contribution < -0.4 is 9.62 Å². The molecule has 0 aliphatic carbocycles. The fourth-order valence-electron chi connectivity index (χ4n) is 3.90. The first-order chi connectivity index (χ1) is 15.3. The lowest BCUT2D eigenvalue weighted by Gasteiger charge is -2.27. The Morgan fingerprint density at radius 1 is 1.06 bits per heavy atom. The Labute approximate surface area is 196 Å². The van der Waals surface area contributed by atoms with Crippen molar-refractivity contribution in [2.24, 2.45) is 0 Å². The highest BCUT2D eigenvalue weighted by atomic mass is 35.5. The van der Waals surface area contributed by atoms with Crippen LogP contribution >= 0.6 is 11.6 Å². The molecule has 8 heteroatoms. The monoisotopic (exact) mass is 477 g/mol. The van der Waals surface area contributed by atoms with Gasteiger partial charge in [-0.15, -0.1) is 0 Å². The molecule has 6 nitrogen and oxygen atoms in total. The lowest BCUT2D eigenvalue weighted by molar-refractivity contribution is -0.119. The summed E-state index contributed by atoms with van der Waals surface area (Å²) in [6.07, 6.45) is 4.60. The number of hydrogen-bond donors (Lipinski definition) is 1. The third-order valence-electron chi connectivity index (χ3n) is 5.83. The van der Waals surface area contributed by atoms with Crippen molar-refractivity contribution in [1.29, 1.82) is 0 Å². The second-order valence-electron chi connectivity index (χ2n) is 8.31. The molecule has 0 spiro atoms. The Kier molecular flexibility index (Phi) is 8.57.